The van der Waals surface area contributed by atoms with Crippen molar-refractivity contribution in [3.63, 3.8) is 0 Å². The molecule has 3 rings (SSSR count). The third-order valence-electron chi connectivity index (χ3n) is 5.32. The highest BCUT2D eigenvalue weighted by molar-refractivity contribution is 7.20. The van der Waals surface area contributed by atoms with Gasteiger partial charge in [-0.3, -0.25) is 4.79 Å². The largest absolute Gasteiger partial charge is 0.465 e. The maximum atomic E-state index is 12.5. The van der Waals surface area contributed by atoms with E-state index in [9.17, 15) is 9.59 Å². The Morgan fingerprint density at radius 1 is 1.11 bits per heavy atom. The zero-order valence-corrected chi connectivity index (χ0v) is 17.4. The van der Waals surface area contributed by atoms with E-state index in [-0.39, 0.29) is 5.91 Å². The second-order valence-electron chi connectivity index (χ2n) is 7.11. The van der Waals surface area contributed by atoms with Crippen LogP contribution >= 0.6 is 11.3 Å². The number of methoxy groups -OCH3 is 1. The molecule has 0 bridgehead atoms. The van der Waals surface area contributed by atoms with E-state index >= 15 is 0 Å². The molecule has 2 aromatic rings. The first-order valence-corrected chi connectivity index (χ1v) is 10.7. The topological polar surface area (TPSA) is 64.3 Å². The van der Waals surface area contributed by atoms with Crippen LogP contribution in [0.3, 0.4) is 0 Å². The minimum absolute atomic E-state index is 0.0515. The summed E-state index contributed by atoms with van der Waals surface area (Å²) in [6, 6.07) is 11.6. The van der Waals surface area contributed by atoms with Crippen LogP contribution in [-0.2, 0) is 9.53 Å². The summed E-state index contributed by atoms with van der Waals surface area (Å²) >= 11 is 1.41. The monoisotopic (exact) mass is 403 g/mol. The Hall–Kier alpha value is -2.22. The molecule has 1 fully saturated rings. The van der Waals surface area contributed by atoms with Crippen molar-refractivity contribution in [1.29, 1.82) is 0 Å². The van der Waals surface area contributed by atoms with Crippen LogP contribution in [0.2, 0.25) is 0 Å². The van der Waals surface area contributed by atoms with Gasteiger partial charge in [0.2, 0.25) is 5.91 Å². The Morgan fingerprint density at radius 3 is 2.43 bits per heavy atom. The average Bonchev–Trinajstić information content (AvgIpc) is 3.16. The second-order valence-corrected chi connectivity index (χ2v) is 8.16. The van der Waals surface area contributed by atoms with E-state index in [4.69, 9.17) is 4.74 Å². The highest BCUT2D eigenvalue weighted by atomic mass is 32.1. The first-order valence-electron chi connectivity index (χ1n) is 9.85. The van der Waals surface area contributed by atoms with E-state index in [1.165, 1.54) is 43.0 Å². The summed E-state index contributed by atoms with van der Waals surface area (Å²) in [4.78, 5) is 28.7. The van der Waals surface area contributed by atoms with Crippen LogP contribution in [0.5, 0.6) is 0 Å². The Morgan fingerprint density at radius 2 is 1.79 bits per heavy atom. The molecule has 6 nitrogen and oxygen atoms in total. The van der Waals surface area contributed by atoms with Crippen LogP contribution in [0, 0.1) is 0 Å². The second kappa shape index (κ2) is 9.82. The zero-order chi connectivity index (χ0) is 19.9. The number of anilines is 1. The van der Waals surface area contributed by atoms with Crippen LogP contribution in [0.15, 0.2) is 36.4 Å². The van der Waals surface area contributed by atoms with Gasteiger partial charge in [-0.05, 0) is 18.6 Å². The fourth-order valence-electron chi connectivity index (χ4n) is 3.53. The number of carbonyl (C=O) groups excluding carboxylic acids is 2. The predicted octanol–water partition coefficient (Wildman–Crippen LogP) is 0.334. The van der Waals surface area contributed by atoms with Crippen molar-refractivity contribution in [1.82, 2.24) is 0 Å². The number of hydrogen-bond donors (Lipinski definition) is 3. The molecule has 0 unspecified atom stereocenters. The number of likely N-dealkylation sites (N-methyl/N-ethyl adjacent to an activating group) is 1. The standard InChI is InChI=1S/C21H27N3O3S/c1-3-23-11-13-24(14-12-23)10-9-19(25)22-20-17(21(26)27-2)15-18(28-20)16-7-5-4-6-8-16/h4-8,15H,3,9-14H2,1-2H3,(H,22,25)/p+2. The molecule has 1 aromatic heterocycles. The van der Waals surface area contributed by atoms with Gasteiger partial charge in [0.15, 0.2) is 0 Å². The number of esters is 1. The van der Waals surface area contributed by atoms with Crippen molar-refractivity contribution in [3.05, 3.63) is 42.0 Å². The normalized spacial score (nSPS) is 19.2. The summed E-state index contributed by atoms with van der Waals surface area (Å²) in [5.41, 5.74) is 1.42. The lowest BCUT2D eigenvalue weighted by molar-refractivity contribution is -1.01. The zero-order valence-electron chi connectivity index (χ0n) is 16.5. The van der Waals surface area contributed by atoms with Gasteiger partial charge in [-0.1, -0.05) is 30.3 Å². The van der Waals surface area contributed by atoms with E-state index < -0.39 is 5.97 Å². The van der Waals surface area contributed by atoms with E-state index in [2.05, 4.69) is 12.2 Å². The molecule has 0 radical (unpaired) electrons. The highest BCUT2D eigenvalue weighted by Gasteiger charge is 2.23. The lowest BCUT2D eigenvalue weighted by Crippen LogP contribution is -3.28. The van der Waals surface area contributed by atoms with E-state index in [1.54, 1.807) is 11.0 Å². The maximum absolute atomic E-state index is 12.5. The van der Waals surface area contributed by atoms with Gasteiger partial charge in [0, 0.05) is 4.88 Å². The molecular formula is C21H29N3O3S+2. The average molecular weight is 404 g/mol. The number of rotatable bonds is 7. The Labute approximate surface area is 170 Å². The molecule has 28 heavy (non-hydrogen) atoms. The summed E-state index contributed by atoms with van der Waals surface area (Å²) in [5, 5.41) is 3.50. The quantitative estimate of drug-likeness (QED) is 0.584. The van der Waals surface area contributed by atoms with Crippen LogP contribution < -0.4 is 15.1 Å². The number of thiophene rings is 1. The molecule has 7 heteroatoms. The van der Waals surface area contributed by atoms with Gasteiger partial charge in [0.1, 0.15) is 31.2 Å². The lowest BCUT2D eigenvalue weighted by Gasteiger charge is -2.28. The summed E-state index contributed by atoms with van der Waals surface area (Å²) in [5.74, 6) is -0.484. The molecule has 0 saturated carbocycles. The molecule has 2 heterocycles. The Balaban J connectivity index is 1.63. The smallest absolute Gasteiger partial charge is 0.340 e. The number of nitrogens with one attached hydrogen (secondary N) is 3. The molecule has 1 aliphatic rings. The molecular weight excluding hydrogens is 374 g/mol. The third kappa shape index (κ3) is 5.19. The number of amides is 1. The summed E-state index contributed by atoms with van der Waals surface area (Å²) in [6.07, 6.45) is 0.454. The number of hydrogen-bond acceptors (Lipinski definition) is 4. The minimum atomic E-state index is -0.432. The van der Waals surface area contributed by atoms with Crippen LogP contribution in [0.4, 0.5) is 5.00 Å². The first kappa shape index (κ1) is 20.5. The fraction of sp³-hybridized carbons (Fsp3) is 0.429. The van der Waals surface area contributed by atoms with Gasteiger partial charge < -0.3 is 19.9 Å². The maximum Gasteiger partial charge on any atom is 0.340 e. The molecule has 3 N–H and O–H groups in total. The Bertz CT molecular complexity index is 798. The van der Waals surface area contributed by atoms with Crippen molar-refractivity contribution < 1.29 is 24.1 Å². The fourth-order valence-corrected chi connectivity index (χ4v) is 4.60. The van der Waals surface area contributed by atoms with Gasteiger partial charge in [-0.25, -0.2) is 4.79 Å². The van der Waals surface area contributed by atoms with Gasteiger partial charge in [-0.2, -0.15) is 0 Å². The van der Waals surface area contributed by atoms with E-state index in [0.29, 0.717) is 17.0 Å². The van der Waals surface area contributed by atoms with Gasteiger partial charge >= 0.3 is 5.97 Å². The molecule has 150 valence electrons. The molecule has 1 aliphatic heterocycles. The summed E-state index contributed by atoms with van der Waals surface area (Å²) in [6.45, 7) is 8.79. The van der Waals surface area contributed by atoms with Crippen LogP contribution in [0.1, 0.15) is 23.7 Å². The lowest BCUT2D eigenvalue weighted by atomic mass is 10.1. The van der Waals surface area contributed by atoms with Crippen molar-refractivity contribution in [2.75, 3.05) is 51.7 Å². The van der Waals surface area contributed by atoms with Crippen molar-refractivity contribution in [2.45, 2.75) is 13.3 Å². The molecule has 1 aromatic carbocycles. The molecule has 0 spiro atoms. The molecule has 0 aliphatic carbocycles. The highest BCUT2D eigenvalue weighted by Crippen LogP contribution is 2.35. The van der Waals surface area contributed by atoms with E-state index in [1.807, 2.05) is 30.3 Å². The molecule has 0 atom stereocenters. The van der Waals surface area contributed by atoms with E-state index in [0.717, 1.165) is 30.1 Å². The molecule has 1 amide bonds. The number of ether oxygens (including phenoxy) is 1. The third-order valence-corrected chi connectivity index (χ3v) is 6.42. The Kier molecular flexibility index (Phi) is 7.19. The van der Waals surface area contributed by atoms with Crippen molar-refractivity contribution >= 4 is 28.2 Å². The number of benzene rings is 1. The summed E-state index contributed by atoms with van der Waals surface area (Å²) < 4.78 is 4.89. The van der Waals surface area contributed by atoms with Gasteiger partial charge in [0.05, 0.1) is 32.2 Å². The van der Waals surface area contributed by atoms with Gasteiger partial charge in [0.25, 0.3) is 0 Å². The SMILES string of the molecule is CC[NH+]1CC[NH+](CCC(=O)Nc2sc(-c3ccccc3)cc2C(=O)OC)CC1. The van der Waals surface area contributed by atoms with Crippen molar-refractivity contribution in [2.24, 2.45) is 0 Å². The van der Waals surface area contributed by atoms with Crippen LogP contribution in [-0.4, -0.2) is 58.3 Å². The van der Waals surface area contributed by atoms with Crippen LogP contribution in [0.25, 0.3) is 10.4 Å². The molecule has 1 saturated heterocycles. The summed E-state index contributed by atoms with van der Waals surface area (Å²) in [7, 11) is 1.36. The number of carbonyl (C=O) groups is 2. The predicted molar refractivity (Wildman–Crippen MR) is 111 cm³/mol. The van der Waals surface area contributed by atoms with Crippen molar-refractivity contribution in [3.8, 4) is 10.4 Å². The van der Waals surface area contributed by atoms with Gasteiger partial charge in [-0.15, -0.1) is 11.3 Å². The number of piperazine rings is 1. The first-order chi connectivity index (χ1) is 13.6. The number of quaternary nitrogens is 2. The minimum Gasteiger partial charge on any atom is -0.465 e.